The second-order valence-electron chi connectivity index (χ2n) is 11.0. The smallest absolute Gasteiger partial charge is 0.312 e. The molecule has 42 heavy (non-hydrogen) atoms. The number of hydrogen-bond donors (Lipinski definition) is 2. The summed E-state index contributed by atoms with van der Waals surface area (Å²) in [5.74, 6) is -3.74. The first kappa shape index (κ1) is 32.2. The average Bonchev–Trinajstić information content (AvgIpc) is 3.56. The third-order valence-corrected chi connectivity index (χ3v) is 9.34. The highest BCUT2D eigenvalue weighted by Crippen LogP contribution is 2.60. The number of rotatable bonds is 13. The predicted octanol–water partition coefficient (Wildman–Crippen LogP) is 3.00. The summed E-state index contributed by atoms with van der Waals surface area (Å²) >= 11 is 10.1. The van der Waals surface area contributed by atoms with Crippen molar-refractivity contribution in [2.24, 2.45) is 11.8 Å². The van der Waals surface area contributed by atoms with Crippen LogP contribution in [0.1, 0.15) is 33.1 Å². The van der Waals surface area contributed by atoms with Gasteiger partial charge in [-0.2, -0.15) is 0 Å². The van der Waals surface area contributed by atoms with Crippen LogP contribution < -0.4 is 10.2 Å². The molecule has 0 saturated carbocycles. The van der Waals surface area contributed by atoms with Crippen LogP contribution in [0, 0.1) is 11.8 Å². The zero-order chi connectivity index (χ0) is 30.8. The topological polar surface area (TPSA) is 125 Å². The maximum Gasteiger partial charge on any atom is 0.312 e. The number of nitrogens with zero attached hydrogens (tertiary/aromatic N) is 2. The molecule has 1 aromatic rings. The van der Waals surface area contributed by atoms with Gasteiger partial charge in [-0.1, -0.05) is 51.8 Å². The molecule has 0 aliphatic carbocycles. The number of hydrogen-bond acceptors (Lipinski definition) is 7. The highest BCUT2D eigenvalue weighted by atomic mass is 79.9. The Labute approximate surface area is 259 Å². The quantitative estimate of drug-likeness (QED) is 0.188. The fourth-order valence-corrected chi connectivity index (χ4v) is 7.51. The van der Waals surface area contributed by atoms with Gasteiger partial charge in [0.15, 0.2) is 0 Å². The minimum absolute atomic E-state index is 0.102. The summed E-state index contributed by atoms with van der Waals surface area (Å²) in [5, 5.41) is 13.2. The predicted molar refractivity (Wildman–Crippen MR) is 161 cm³/mol. The molecule has 0 radical (unpaired) electrons. The van der Waals surface area contributed by atoms with Gasteiger partial charge >= 0.3 is 5.97 Å². The first-order valence-electron chi connectivity index (χ1n) is 14.0. The fraction of sp³-hybridized carbons (Fsp3) is 0.533. The van der Waals surface area contributed by atoms with Gasteiger partial charge in [-0.05, 0) is 38.8 Å². The molecular weight excluding hydrogens is 630 g/mol. The van der Waals surface area contributed by atoms with Crippen LogP contribution in [-0.2, 0) is 28.7 Å². The molecule has 228 valence electrons. The first-order valence-corrected chi connectivity index (χ1v) is 15.3. The van der Waals surface area contributed by atoms with Gasteiger partial charge in [-0.15, -0.1) is 13.2 Å². The number of allylic oxidation sites excluding steroid dienone is 1. The van der Waals surface area contributed by atoms with Crippen molar-refractivity contribution in [3.8, 4) is 0 Å². The van der Waals surface area contributed by atoms with Crippen LogP contribution in [0.15, 0.2) is 49.6 Å². The average molecular weight is 667 g/mol. The van der Waals surface area contributed by atoms with Crippen LogP contribution in [0.5, 0.6) is 0 Å². The van der Waals surface area contributed by atoms with E-state index in [4.69, 9.17) is 21.1 Å². The van der Waals surface area contributed by atoms with Crippen molar-refractivity contribution in [3.63, 3.8) is 0 Å². The fourth-order valence-electron chi connectivity index (χ4n) is 6.33. The lowest BCUT2D eigenvalue weighted by Crippen LogP contribution is -2.58. The van der Waals surface area contributed by atoms with Crippen molar-refractivity contribution in [3.05, 3.63) is 54.6 Å². The highest BCUT2D eigenvalue weighted by Gasteiger charge is 2.77. The number of aliphatic hydroxyl groups excluding tert-OH is 1. The van der Waals surface area contributed by atoms with E-state index in [-0.39, 0.29) is 30.2 Å². The van der Waals surface area contributed by atoms with Crippen LogP contribution in [0.25, 0.3) is 0 Å². The summed E-state index contributed by atoms with van der Waals surface area (Å²) in [5.41, 5.74) is -0.904. The SMILES string of the molecule is C=CCCC(=O)NC[C@@H](C)OC(=O)[C@H]1[C@@H]2O[C@@]3(CC2Br)[C@@H]1C(=O)N([C@H](C)CO)[C@@H]3C(=O)N(CC=C)c1ccccc1Cl. The zero-order valence-corrected chi connectivity index (χ0v) is 26.1. The molecular formula is C30H37BrClN3O7. The van der Waals surface area contributed by atoms with Crippen molar-refractivity contribution in [1.29, 1.82) is 0 Å². The number of halogens is 2. The van der Waals surface area contributed by atoms with Crippen LogP contribution >= 0.6 is 27.5 Å². The Morgan fingerprint density at radius 2 is 2.02 bits per heavy atom. The third-order valence-electron chi connectivity index (χ3n) is 8.17. The van der Waals surface area contributed by atoms with E-state index in [1.165, 1.54) is 9.80 Å². The van der Waals surface area contributed by atoms with E-state index >= 15 is 0 Å². The van der Waals surface area contributed by atoms with Gasteiger partial charge in [0.2, 0.25) is 11.8 Å². The molecule has 3 saturated heterocycles. The molecule has 2 bridgehead atoms. The summed E-state index contributed by atoms with van der Waals surface area (Å²) in [6.45, 7) is 10.5. The number of carbonyl (C=O) groups excluding carboxylic acids is 4. The van der Waals surface area contributed by atoms with Crippen molar-refractivity contribution in [1.82, 2.24) is 10.2 Å². The van der Waals surface area contributed by atoms with Crippen LogP contribution in [0.3, 0.4) is 0 Å². The van der Waals surface area contributed by atoms with Gasteiger partial charge in [0.25, 0.3) is 5.91 Å². The maximum absolute atomic E-state index is 14.5. The minimum Gasteiger partial charge on any atom is -0.460 e. The maximum atomic E-state index is 14.5. The first-order chi connectivity index (χ1) is 20.0. The lowest BCUT2D eigenvalue weighted by atomic mass is 9.70. The Balaban J connectivity index is 1.65. The monoisotopic (exact) mass is 665 g/mol. The van der Waals surface area contributed by atoms with Crippen molar-refractivity contribution in [2.75, 3.05) is 24.6 Å². The molecule has 0 aromatic heterocycles. The van der Waals surface area contributed by atoms with Crippen molar-refractivity contribution in [2.45, 2.75) is 67.8 Å². The van der Waals surface area contributed by atoms with Crippen molar-refractivity contribution >= 4 is 56.9 Å². The van der Waals surface area contributed by atoms with Crippen molar-refractivity contribution < 1.29 is 33.8 Å². The number of fused-ring (bicyclic) bond motifs is 1. The molecule has 4 rings (SSSR count). The Kier molecular flexibility index (Phi) is 10.2. The molecule has 1 spiro atoms. The molecule has 12 heteroatoms. The van der Waals surface area contributed by atoms with Gasteiger partial charge in [-0.3, -0.25) is 19.2 Å². The number of alkyl halides is 1. The number of para-hydroxylation sites is 1. The number of anilines is 1. The van der Waals surface area contributed by atoms with Gasteiger partial charge in [0, 0.05) is 17.8 Å². The number of esters is 1. The molecule has 3 fully saturated rings. The Bertz CT molecular complexity index is 1250. The van der Waals surface area contributed by atoms with Crippen LogP contribution in [-0.4, -0.2) is 88.1 Å². The number of amides is 3. The summed E-state index contributed by atoms with van der Waals surface area (Å²) in [7, 11) is 0. The zero-order valence-electron chi connectivity index (χ0n) is 23.7. The number of carbonyl (C=O) groups is 4. The minimum atomic E-state index is -1.34. The van der Waals surface area contributed by atoms with E-state index in [1.807, 2.05) is 0 Å². The van der Waals surface area contributed by atoms with E-state index in [0.29, 0.717) is 23.6 Å². The molecule has 3 aliphatic heterocycles. The Morgan fingerprint density at radius 1 is 1.31 bits per heavy atom. The van der Waals surface area contributed by atoms with Gasteiger partial charge < -0.3 is 29.7 Å². The lowest BCUT2D eigenvalue weighted by Gasteiger charge is -2.38. The Hall–Kier alpha value is -2.73. The van der Waals surface area contributed by atoms with Gasteiger partial charge in [0.1, 0.15) is 17.7 Å². The molecule has 2 N–H and O–H groups in total. The summed E-state index contributed by atoms with van der Waals surface area (Å²) < 4.78 is 12.2. The number of aliphatic hydroxyl groups is 1. The number of likely N-dealkylation sites (tertiary alicyclic amines) is 1. The summed E-state index contributed by atoms with van der Waals surface area (Å²) in [6, 6.07) is 4.99. The number of nitrogens with one attached hydrogen (secondary N) is 1. The summed E-state index contributed by atoms with van der Waals surface area (Å²) in [4.78, 5) is 56.7. The Morgan fingerprint density at radius 3 is 2.67 bits per heavy atom. The highest BCUT2D eigenvalue weighted by molar-refractivity contribution is 9.09. The van der Waals surface area contributed by atoms with E-state index in [0.717, 1.165) is 0 Å². The number of benzene rings is 1. The lowest BCUT2D eigenvalue weighted by molar-refractivity contribution is -0.159. The summed E-state index contributed by atoms with van der Waals surface area (Å²) in [6.07, 6.45) is 2.93. The second kappa shape index (κ2) is 13.3. The molecule has 8 atom stereocenters. The third kappa shape index (κ3) is 5.76. The van der Waals surface area contributed by atoms with E-state index in [9.17, 15) is 24.3 Å². The van der Waals surface area contributed by atoms with Gasteiger partial charge in [-0.25, -0.2) is 0 Å². The molecule has 3 aliphatic rings. The van der Waals surface area contributed by atoms with Gasteiger partial charge in [0.05, 0.1) is 47.8 Å². The van der Waals surface area contributed by atoms with Crippen LogP contribution in [0.4, 0.5) is 5.69 Å². The largest absolute Gasteiger partial charge is 0.460 e. The molecule has 1 aromatic carbocycles. The standard InChI is InChI=1S/C30H37BrClN3O7/c1-5-7-12-22(37)33-15-18(4)41-29(40)23-24-27(38)35(17(3)16-36)26(30(24)14-19(31)25(23)42-30)28(39)34(13-6-2)21-11-9-8-10-20(21)32/h5-6,8-11,17-19,23-26,36H,1-2,7,12-16H2,3-4H3,(H,33,37)/t17-,18-,19?,23-,24+,25-,26-,30+/m1/s1. The second-order valence-corrected chi connectivity index (χ2v) is 12.6. The van der Waals surface area contributed by atoms with E-state index < -0.39 is 66.1 Å². The molecule has 10 nitrogen and oxygen atoms in total. The van der Waals surface area contributed by atoms with Crippen LogP contribution in [0.2, 0.25) is 5.02 Å². The molecule has 1 unspecified atom stereocenters. The normalized spacial score (nSPS) is 29.0. The van der Waals surface area contributed by atoms with E-state index in [2.05, 4.69) is 34.4 Å². The molecule has 3 amide bonds. The van der Waals surface area contributed by atoms with E-state index in [1.54, 1.807) is 50.3 Å². The molecule has 3 heterocycles. The number of ether oxygens (including phenoxy) is 2.